The lowest BCUT2D eigenvalue weighted by Crippen LogP contribution is -2.38. The zero-order valence-electron chi connectivity index (χ0n) is 16.3. The van der Waals surface area contributed by atoms with Crippen LogP contribution in [0.4, 0.5) is 0 Å². The van der Waals surface area contributed by atoms with Gasteiger partial charge in [0.1, 0.15) is 5.76 Å². The fourth-order valence-electron chi connectivity index (χ4n) is 4.40. The van der Waals surface area contributed by atoms with Crippen molar-refractivity contribution in [1.82, 2.24) is 9.47 Å². The summed E-state index contributed by atoms with van der Waals surface area (Å²) >= 11 is 0. The molecule has 0 N–H and O–H groups in total. The van der Waals surface area contributed by atoms with Crippen LogP contribution < -0.4 is 5.56 Å². The molecule has 0 aliphatic heterocycles. The van der Waals surface area contributed by atoms with Crippen molar-refractivity contribution in [1.29, 1.82) is 0 Å². The molecule has 1 fully saturated rings. The molecule has 29 heavy (non-hydrogen) atoms. The molecule has 2 aliphatic carbocycles. The van der Waals surface area contributed by atoms with E-state index in [4.69, 9.17) is 4.42 Å². The molecule has 0 saturated heterocycles. The number of furan rings is 1. The second kappa shape index (κ2) is 7.39. The largest absolute Gasteiger partial charge is 0.454 e. The smallest absolute Gasteiger partial charge is 0.290 e. The first kappa shape index (κ1) is 18.0. The number of rotatable bonds is 5. The van der Waals surface area contributed by atoms with Gasteiger partial charge < -0.3 is 13.9 Å². The van der Waals surface area contributed by atoms with Gasteiger partial charge in [-0.25, -0.2) is 0 Å². The minimum Gasteiger partial charge on any atom is -0.454 e. The van der Waals surface area contributed by atoms with Gasteiger partial charge >= 0.3 is 0 Å². The van der Waals surface area contributed by atoms with Crippen molar-refractivity contribution >= 4 is 5.91 Å². The Labute approximate surface area is 169 Å². The number of amides is 1. The predicted octanol–water partition coefficient (Wildman–Crippen LogP) is 4.17. The highest BCUT2D eigenvalue weighted by molar-refractivity contribution is 5.92. The highest BCUT2D eigenvalue weighted by atomic mass is 16.4. The number of nitrogens with zero attached hydrogens (tertiary/aromatic N) is 2. The molecule has 2 aromatic heterocycles. The molecular weight excluding hydrogens is 364 g/mol. The topological polar surface area (TPSA) is 55.5 Å². The third kappa shape index (κ3) is 3.53. The van der Waals surface area contributed by atoms with Crippen molar-refractivity contribution in [3.05, 3.63) is 93.8 Å². The Morgan fingerprint density at radius 2 is 1.86 bits per heavy atom. The minimum absolute atomic E-state index is 0.0409. The van der Waals surface area contributed by atoms with Gasteiger partial charge in [-0.15, -0.1) is 0 Å². The number of benzene rings is 1. The molecule has 5 rings (SSSR count). The normalized spacial score (nSPS) is 18.3. The van der Waals surface area contributed by atoms with Crippen LogP contribution in [0.15, 0.2) is 70.0 Å². The third-order valence-corrected chi connectivity index (χ3v) is 5.95. The number of hydrogen-bond donors (Lipinski definition) is 0. The molecule has 3 aromatic rings. The summed E-state index contributed by atoms with van der Waals surface area (Å²) in [5, 5.41) is 0. The summed E-state index contributed by atoms with van der Waals surface area (Å²) < 4.78 is 7.46. The number of pyridine rings is 1. The SMILES string of the molecule is O=C(c1ccc(Cn2ccccc2=O)o1)N(C1CC1)C1CCCc2ccccc21. The molecule has 2 aliphatic rings. The highest BCUT2D eigenvalue weighted by Crippen LogP contribution is 2.41. The van der Waals surface area contributed by atoms with Crippen LogP contribution in [0.3, 0.4) is 0 Å². The fourth-order valence-corrected chi connectivity index (χ4v) is 4.40. The lowest BCUT2D eigenvalue weighted by Gasteiger charge is -2.35. The zero-order chi connectivity index (χ0) is 19.8. The first-order chi connectivity index (χ1) is 14.2. The van der Waals surface area contributed by atoms with Crippen LogP contribution in [0.5, 0.6) is 0 Å². The van der Waals surface area contributed by atoms with Gasteiger partial charge in [0, 0.05) is 18.3 Å². The number of hydrogen-bond acceptors (Lipinski definition) is 3. The summed E-state index contributed by atoms with van der Waals surface area (Å²) in [7, 11) is 0. The van der Waals surface area contributed by atoms with E-state index in [0.717, 1.165) is 32.1 Å². The number of carbonyl (C=O) groups excluding carboxylic acids is 1. The highest BCUT2D eigenvalue weighted by Gasteiger charge is 2.40. The standard InChI is InChI=1S/C24H24N2O3/c27-23-10-3-4-15-25(23)16-19-13-14-22(29-19)24(28)26(18-11-12-18)21-9-5-7-17-6-1-2-8-20(17)21/h1-4,6,8,10,13-15,18,21H,5,7,9,11-12,16H2. The Bertz CT molecular complexity index is 1090. The number of aryl methyl sites for hydroxylation is 1. The number of aromatic nitrogens is 1. The van der Waals surface area contributed by atoms with Crippen molar-refractivity contribution in [3.8, 4) is 0 Å². The van der Waals surface area contributed by atoms with Crippen molar-refractivity contribution in [2.75, 3.05) is 0 Å². The predicted molar refractivity (Wildman–Crippen MR) is 110 cm³/mol. The van der Waals surface area contributed by atoms with Gasteiger partial charge in [0.05, 0.1) is 12.6 Å². The molecule has 2 heterocycles. The lowest BCUT2D eigenvalue weighted by atomic mass is 9.86. The molecular formula is C24H24N2O3. The van der Waals surface area contributed by atoms with Crippen molar-refractivity contribution < 1.29 is 9.21 Å². The quantitative estimate of drug-likeness (QED) is 0.659. The molecule has 5 heteroatoms. The summed E-state index contributed by atoms with van der Waals surface area (Å²) in [6.07, 6.45) is 7.00. The van der Waals surface area contributed by atoms with E-state index < -0.39 is 0 Å². The van der Waals surface area contributed by atoms with E-state index in [1.54, 1.807) is 29.0 Å². The summed E-state index contributed by atoms with van der Waals surface area (Å²) in [6.45, 7) is 0.322. The Kier molecular flexibility index (Phi) is 4.58. The second-order valence-electron chi connectivity index (χ2n) is 7.98. The fraction of sp³-hybridized carbons (Fsp3) is 0.333. The van der Waals surface area contributed by atoms with Crippen LogP contribution in [0, 0.1) is 0 Å². The average molecular weight is 388 g/mol. The number of carbonyl (C=O) groups is 1. The van der Waals surface area contributed by atoms with Gasteiger partial charge in [0.25, 0.3) is 11.5 Å². The van der Waals surface area contributed by atoms with E-state index in [1.165, 1.54) is 17.2 Å². The van der Waals surface area contributed by atoms with Crippen molar-refractivity contribution in [2.45, 2.75) is 50.7 Å². The van der Waals surface area contributed by atoms with E-state index >= 15 is 0 Å². The maximum atomic E-state index is 13.4. The van der Waals surface area contributed by atoms with Gasteiger partial charge in [-0.1, -0.05) is 30.3 Å². The Balaban J connectivity index is 1.41. The van der Waals surface area contributed by atoms with Gasteiger partial charge in [-0.2, -0.15) is 0 Å². The van der Waals surface area contributed by atoms with Crippen molar-refractivity contribution in [3.63, 3.8) is 0 Å². The zero-order valence-corrected chi connectivity index (χ0v) is 16.3. The van der Waals surface area contributed by atoms with Crippen LogP contribution in [-0.4, -0.2) is 21.4 Å². The van der Waals surface area contributed by atoms with Gasteiger partial charge in [-0.3, -0.25) is 9.59 Å². The second-order valence-corrected chi connectivity index (χ2v) is 7.98. The Morgan fingerprint density at radius 3 is 2.69 bits per heavy atom. The molecule has 0 bridgehead atoms. The van der Waals surface area contributed by atoms with E-state index in [0.29, 0.717) is 24.1 Å². The average Bonchev–Trinajstić information content (AvgIpc) is 3.47. The molecule has 0 spiro atoms. The molecule has 0 radical (unpaired) electrons. The van der Waals surface area contributed by atoms with E-state index in [2.05, 4.69) is 29.2 Å². The van der Waals surface area contributed by atoms with Crippen LogP contribution in [0.25, 0.3) is 0 Å². The molecule has 148 valence electrons. The number of fused-ring (bicyclic) bond motifs is 1. The van der Waals surface area contributed by atoms with E-state index in [-0.39, 0.29) is 17.5 Å². The molecule has 1 amide bonds. The Hall–Kier alpha value is -3.08. The third-order valence-electron chi connectivity index (χ3n) is 5.95. The first-order valence-electron chi connectivity index (χ1n) is 10.4. The maximum absolute atomic E-state index is 13.4. The van der Waals surface area contributed by atoms with Gasteiger partial charge in [-0.05, 0) is 61.4 Å². The lowest BCUT2D eigenvalue weighted by molar-refractivity contribution is 0.0603. The monoisotopic (exact) mass is 388 g/mol. The maximum Gasteiger partial charge on any atom is 0.290 e. The summed E-state index contributed by atoms with van der Waals surface area (Å²) in [6, 6.07) is 17.5. The summed E-state index contributed by atoms with van der Waals surface area (Å²) in [5.74, 6) is 0.932. The van der Waals surface area contributed by atoms with Crippen LogP contribution >= 0.6 is 0 Å². The van der Waals surface area contributed by atoms with Crippen LogP contribution in [-0.2, 0) is 13.0 Å². The minimum atomic E-state index is -0.0878. The molecule has 1 atom stereocenters. The van der Waals surface area contributed by atoms with Gasteiger partial charge in [0.2, 0.25) is 0 Å². The van der Waals surface area contributed by atoms with E-state index in [1.807, 2.05) is 6.07 Å². The molecule has 5 nitrogen and oxygen atoms in total. The first-order valence-corrected chi connectivity index (χ1v) is 10.4. The van der Waals surface area contributed by atoms with Gasteiger partial charge in [0.15, 0.2) is 5.76 Å². The van der Waals surface area contributed by atoms with Crippen molar-refractivity contribution in [2.24, 2.45) is 0 Å². The summed E-state index contributed by atoms with van der Waals surface area (Å²) in [5.41, 5.74) is 2.54. The molecule has 1 unspecified atom stereocenters. The molecule has 1 aromatic carbocycles. The van der Waals surface area contributed by atoms with Crippen LogP contribution in [0.2, 0.25) is 0 Å². The van der Waals surface area contributed by atoms with E-state index in [9.17, 15) is 9.59 Å². The van der Waals surface area contributed by atoms with Crippen LogP contribution in [0.1, 0.15) is 59.2 Å². The summed E-state index contributed by atoms with van der Waals surface area (Å²) in [4.78, 5) is 27.4. The molecule has 1 saturated carbocycles. The Morgan fingerprint density at radius 1 is 1.03 bits per heavy atom.